The molecule has 0 fully saturated rings. The minimum atomic E-state index is -7.09. The number of anilines is 1. The highest BCUT2D eigenvalue weighted by atomic mass is 19.4. The number of alkyl halides is 9. The molecule has 0 saturated heterocycles. The van der Waals surface area contributed by atoms with Crippen molar-refractivity contribution in [2.75, 3.05) is 11.9 Å². The standard InChI is InChI=1S/C15H12F9NO2/c1-2-27-11(26)8-10(25-9-6-4-3-5-7-9)12(16,17)13(18,19)14(20,21)15(22,23)24/h3-8,25H,2H2,1H3/b10-8+. The van der Waals surface area contributed by atoms with Crippen LogP contribution >= 0.6 is 0 Å². The van der Waals surface area contributed by atoms with Gasteiger partial charge in [-0.15, -0.1) is 0 Å². The summed E-state index contributed by atoms with van der Waals surface area (Å²) < 4.78 is 123. The van der Waals surface area contributed by atoms with E-state index in [1.807, 2.05) is 0 Å². The van der Waals surface area contributed by atoms with Crippen molar-refractivity contribution in [1.29, 1.82) is 0 Å². The number of hydrogen-bond acceptors (Lipinski definition) is 3. The molecule has 0 bridgehead atoms. The highest BCUT2D eigenvalue weighted by Gasteiger charge is 2.82. The number of halogens is 9. The van der Waals surface area contributed by atoms with Gasteiger partial charge in [0.05, 0.1) is 12.3 Å². The molecule has 3 nitrogen and oxygen atoms in total. The molecule has 1 rings (SSSR count). The predicted octanol–water partition coefficient (Wildman–Crippen LogP) is 5.01. The largest absolute Gasteiger partial charge is 0.463 e. The molecule has 0 aromatic heterocycles. The van der Waals surface area contributed by atoms with Crippen LogP contribution in [0, 0.1) is 0 Å². The Morgan fingerprint density at radius 3 is 1.93 bits per heavy atom. The van der Waals surface area contributed by atoms with Gasteiger partial charge in [0.2, 0.25) is 0 Å². The van der Waals surface area contributed by atoms with Gasteiger partial charge in [0.15, 0.2) is 0 Å². The Bertz CT molecular complexity index is 684. The van der Waals surface area contributed by atoms with Gasteiger partial charge >= 0.3 is 29.9 Å². The van der Waals surface area contributed by atoms with Crippen molar-refractivity contribution in [2.45, 2.75) is 30.9 Å². The fraction of sp³-hybridized carbons (Fsp3) is 0.400. The molecule has 1 aromatic carbocycles. The number of para-hydroxylation sites is 1. The zero-order valence-corrected chi connectivity index (χ0v) is 13.4. The molecule has 0 aliphatic carbocycles. The van der Waals surface area contributed by atoms with Gasteiger partial charge in [0.25, 0.3) is 0 Å². The first-order valence-corrected chi connectivity index (χ1v) is 7.09. The molecule has 0 aliphatic rings. The van der Waals surface area contributed by atoms with E-state index in [4.69, 9.17) is 0 Å². The van der Waals surface area contributed by atoms with Gasteiger partial charge in [-0.25, -0.2) is 4.79 Å². The van der Waals surface area contributed by atoms with Crippen molar-refractivity contribution in [3.8, 4) is 0 Å². The lowest BCUT2D eigenvalue weighted by Crippen LogP contribution is -2.62. The number of carbonyl (C=O) groups is 1. The monoisotopic (exact) mass is 409 g/mol. The predicted molar refractivity (Wildman–Crippen MR) is 75.7 cm³/mol. The van der Waals surface area contributed by atoms with Crippen LogP contribution in [-0.4, -0.2) is 36.5 Å². The quantitative estimate of drug-likeness (QED) is 0.391. The molecule has 0 saturated carbocycles. The minimum Gasteiger partial charge on any atom is -0.463 e. The first-order chi connectivity index (χ1) is 12.2. The number of benzene rings is 1. The third-order valence-electron chi connectivity index (χ3n) is 3.08. The smallest absolute Gasteiger partial charge is 0.460 e. The van der Waals surface area contributed by atoms with Gasteiger partial charge in [-0.3, -0.25) is 0 Å². The number of hydrogen-bond donors (Lipinski definition) is 1. The summed E-state index contributed by atoms with van der Waals surface area (Å²) in [6.07, 6.45) is -7.28. The Balaban J connectivity index is 3.47. The average Bonchev–Trinajstić information content (AvgIpc) is 2.54. The Morgan fingerprint density at radius 2 is 1.48 bits per heavy atom. The van der Waals surface area contributed by atoms with E-state index in [-0.39, 0.29) is 11.8 Å². The number of ether oxygens (including phenoxy) is 1. The van der Waals surface area contributed by atoms with Crippen molar-refractivity contribution in [1.82, 2.24) is 0 Å². The molecular weight excluding hydrogens is 397 g/mol. The maximum atomic E-state index is 14.1. The fourth-order valence-corrected chi connectivity index (χ4v) is 1.73. The Kier molecular flexibility index (Phi) is 6.45. The lowest BCUT2D eigenvalue weighted by Gasteiger charge is -2.34. The SMILES string of the molecule is CCOC(=O)/C=C(/Nc1ccccc1)C(F)(F)C(F)(F)C(F)(F)C(F)(F)F. The van der Waals surface area contributed by atoms with Gasteiger partial charge in [-0.1, -0.05) is 18.2 Å². The third-order valence-corrected chi connectivity index (χ3v) is 3.08. The fourth-order valence-electron chi connectivity index (χ4n) is 1.73. The van der Waals surface area contributed by atoms with Crippen LogP contribution in [-0.2, 0) is 9.53 Å². The Labute approximate surface area is 146 Å². The first kappa shape index (κ1) is 22.6. The molecule has 0 atom stereocenters. The molecule has 152 valence electrons. The highest BCUT2D eigenvalue weighted by Crippen LogP contribution is 2.55. The molecule has 27 heavy (non-hydrogen) atoms. The van der Waals surface area contributed by atoms with Crippen LogP contribution in [0.25, 0.3) is 0 Å². The molecule has 12 heteroatoms. The molecule has 0 aliphatic heterocycles. The van der Waals surface area contributed by atoms with Crippen molar-refractivity contribution in [3.05, 3.63) is 42.1 Å². The number of esters is 1. The van der Waals surface area contributed by atoms with Gasteiger partial charge < -0.3 is 10.1 Å². The van der Waals surface area contributed by atoms with Crippen LogP contribution in [0.1, 0.15) is 6.92 Å². The number of rotatable bonds is 7. The van der Waals surface area contributed by atoms with Gasteiger partial charge in [-0.05, 0) is 19.1 Å². The van der Waals surface area contributed by atoms with E-state index in [0.717, 1.165) is 12.1 Å². The molecule has 0 unspecified atom stereocenters. The third kappa shape index (κ3) is 4.48. The molecule has 1 aromatic rings. The maximum Gasteiger partial charge on any atom is 0.460 e. The van der Waals surface area contributed by atoms with Crippen molar-refractivity contribution in [2.24, 2.45) is 0 Å². The van der Waals surface area contributed by atoms with Crippen molar-refractivity contribution < 1.29 is 49.0 Å². The molecule has 0 spiro atoms. The number of nitrogens with one attached hydrogen (secondary N) is 1. The summed E-state index contributed by atoms with van der Waals surface area (Å²) in [7, 11) is 0. The topological polar surface area (TPSA) is 38.3 Å². The Morgan fingerprint density at radius 1 is 0.963 bits per heavy atom. The average molecular weight is 409 g/mol. The summed E-state index contributed by atoms with van der Waals surface area (Å²) in [5, 5.41) is 1.57. The van der Waals surface area contributed by atoms with Gasteiger partial charge in [0, 0.05) is 11.8 Å². The summed E-state index contributed by atoms with van der Waals surface area (Å²) in [5.41, 5.74) is -2.57. The zero-order valence-electron chi connectivity index (χ0n) is 13.4. The lowest BCUT2D eigenvalue weighted by atomic mass is 10.00. The molecule has 0 amide bonds. The van der Waals surface area contributed by atoms with Crippen LogP contribution in [0.2, 0.25) is 0 Å². The molecule has 1 N–H and O–H groups in total. The summed E-state index contributed by atoms with van der Waals surface area (Å²) >= 11 is 0. The summed E-state index contributed by atoms with van der Waals surface area (Å²) in [4.78, 5) is 11.3. The summed E-state index contributed by atoms with van der Waals surface area (Å²) in [5.74, 6) is -21.8. The van der Waals surface area contributed by atoms with E-state index in [9.17, 15) is 44.3 Å². The highest BCUT2D eigenvalue weighted by molar-refractivity contribution is 5.84. The normalized spacial score (nSPS) is 14.1. The van der Waals surface area contributed by atoms with Crippen molar-refractivity contribution in [3.63, 3.8) is 0 Å². The van der Waals surface area contributed by atoms with E-state index in [2.05, 4.69) is 4.74 Å². The zero-order chi connectivity index (χ0) is 21.1. The Hall–Kier alpha value is -2.40. The van der Waals surface area contributed by atoms with E-state index < -0.39 is 42.2 Å². The second-order valence-electron chi connectivity index (χ2n) is 5.02. The molecular formula is C15H12F9NO2. The van der Waals surface area contributed by atoms with E-state index in [1.165, 1.54) is 25.1 Å². The summed E-state index contributed by atoms with van der Waals surface area (Å²) in [6, 6.07) is 5.88. The van der Waals surface area contributed by atoms with Crippen LogP contribution in [0.3, 0.4) is 0 Å². The molecule has 0 heterocycles. The maximum absolute atomic E-state index is 14.1. The first-order valence-electron chi connectivity index (χ1n) is 7.09. The van der Waals surface area contributed by atoms with E-state index >= 15 is 0 Å². The molecule has 0 radical (unpaired) electrons. The van der Waals surface area contributed by atoms with Gasteiger partial charge in [0.1, 0.15) is 0 Å². The van der Waals surface area contributed by atoms with Crippen molar-refractivity contribution >= 4 is 11.7 Å². The minimum absolute atomic E-state index is 0.309. The van der Waals surface area contributed by atoms with Crippen LogP contribution < -0.4 is 5.32 Å². The van der Waals surface area contributed by atoms with E-state index in [1.54, 1.807) is 5.32 Å². The van der Waals surface area contributed by atoms with Crippen LogP contribution in [0.5, 0.6) is 0 Å². The second kappa shape index (κ2) is 7.69. The summed E-state index contributed by atoms with van der Waals surface area (Å²) in [6.45, 7) is 0.829. The van der Waals surface area contributed by atoms with Gasteiger partial charge in [-0.2, -0.15) is 39.5 Å². The van der Waals surface area contributed by atoms with Crippen LogP contribution in [0.4, 0.5) is 45.2 Å². The number of allylic oxidation sites excluding steroid dienone is 1. The van der Waals surface area contributed by atoms with E-state index in [0.29, 0.717) is 0 Å². The second-order valence-corrected chi connectivity index (χ2v) is 5.02. The number of carbonyl (C=O) groups excluding carboxylic acids is 1. The van der Waals surface area contributed by atoms with Crippen LogP contribution in [0.15, 0.2) is 42.1 Å². The lowest BCUT2D eigenvalue weighted by molar-refractivity contribution is -0.389.